The van der Waals surface area contributed by atoms with E-state index in [1.54, 1.807) is 31.2 Å². The zero-order chi connectivity index (χ0) is 42.2. The van der Waals surface area contributed by atoms with Crippen LogP contribution in [0.15, 0.2) is 77.8 Å². The van der Waals surface area contributed by atoms with Crippen LogP contribution in [-0.2, 0) is 42.1 Å². The lowest BCUT2D eigenvalue weighted by Gasteiger charge is -2.47. The summed E-state index contributed by atoms with van der Waals surface area (Å²) in [5.74, 6) is 2.58. The molecule has 4 aromatic rings. The maximum absolute atomic E-state index is 13.7. The highest BCUT2D eigenvalue weighted by atomic mass is 35.5. The van der Waals surface area contributed by atoms with Gasteiger partial charge >= 0.3 is 5.97 Å². The van der Waals surface area contributed by atoms with E-state index in [4.69, 9.17) is 34.7 Å². The number of pyridine rings is 1. The molecule has 0 bridgehead atoms. The third-order valence-corrected chi connectivity index (χ3v) is 15.3. The first-order chi connectivity index (χ1) is 28.8. The van der Waals surface area contributed by atoms with Crippen LogP contribution in [0.2, 0.25) is 5.02 Å². The quantitative estimate of drug-likeness (QED) is 0.109. The molecule has 1 aliphatic heterocycles. The fraction of sp³-hybridized carbons (Fsp3) is 0.500. The zero-order valence-corrected chi connectivity index (χ0v) is 36.9. The van der Waals surface area contributed by atoms with Crippen molar-refractivity contribution in [3.8, 4) is 17.2 Å². The molecule has 1 fully saturated rings. The molecule has 0 radical (unpaired) electrons. The largest absolute Gasteiger partial charge is 0.493 e. The normalized spacial score (nSPS) is 25.7. The summed E-state index contributed by atoms with van der Waals surface area (Å²) >= 11 is 6.38. The van der Waals surface area contributed by atoms with E-state index >= 15 is 0 Å². The number of aromatic nitrogens is 1. The molecule has 12 heteroatoms. The molecule has 8 rings (SSSR count). The van der Waals surface area contributed by atoms with Crippen molar-refractivity contribution in [3.05, 3.63) is 106 Å². The lowest BCUT2D eigenvalue weighted by atomic mass is 9.59. The first-order valence-electron chi connectivity index (χ1n) is 21.4. The smallest absolute Gasteiger partial charge is 0.331 e. The van der Waals surface area contributed by atoms with Crippen molar-refractivity contribution in [2.24, 2.45) is 17.8 Å². The Kier molecular flexibility index (Phi) is 12.2. The number of aryl methyl sites for hydroxylation is 2. The van der Waals surface area contributed by atoms with Crippen LogP contribution in [0.5, 0.6) is 17.2 Å². The highest BCUT2D eigenvalue weighted by molar-refractivity contribution is 7.86. The standard InChI is InChI=1S/C48H57ClN2O8S/c1-30-12-14-39(15-13-30)60(53,54)59-33(4)35-28-57-43-24-34-23-36(22-31(2)27-56-42-16-21-50-41-11-6-8-32(3)45(41)42)47(40(34)26-44(43)58-29-35)17-19-48(20-18-47,46(52)55-5)51-38-10-7-9-37(49)25-38/h7,9-10,12-16,21,24-26,31-33,35-36,51H,6,8,11,17-20,22-23,27-29H2,1-5H3/t31-,32-,33?,35?,36+,47?,48?/m1/s1. The number of carbonyl (C=O) groups excluding carboxylic acids is 1. The number of rotatable bonds is 12. The number of esters is 1. The van der Waals surface area contributed by atoms with Crippen molar-refractivity contribution >= 4 is 33.4 Å². The molecule has 4 aliphatic rings. The lowest BCUT2D eigenvalue weighted by molar-refractivity contribution is -0.148. The fourth-order valence-electron chi connectivity index (χ4n) is 10.3. The van der Waals surface area contributed by atoms with E-state index < -0.39 is 21.8 Å². The van der Waals surface area contributed by atoms with E-state index in [0.29, 0.717) is 41.9 Å². The van der Waals surface area contributed by atoms with Crippen molar-refractivity contribution in [1.82, 2.24) is 4.98 Å². The Morgan fingerprint density at radius 1 is 1.00 bits per heavy atom. The average molecular weight is 858 g/mol. The molecule has 3 aliphatic carbocycles. The minimum atomic E-state index is -3.98. The van der Waals surface area contributed by atoms with Gasteiger partial charge in [-0.05, 0) is 154 Å². The molecule has 1 spiro atoms. The first-order valence-corrected chi connectivity index (χ1v) is 23.2. The summed E-state index contributed by atoms with van der Waals surface area (Å²) < 4.78 is 57.1. The lowest BCUT2D eigenvalue weighted by Crippen LogP contribution is -2.53. The molecular weight excluding hydrogens is 800 g/mol. The number of nitrogens with zero attached hydrogens (tertiary/aromatic N) is 1. The topological polar surface area (TPSA) is 122 Å². The summed E-state index contributed by atoms with van der Waals surface area (Å²) in [5.41, 5.74) is 5.44. The van der Waals surface area contributed by atoms with Crippen molar-refractivity contribution in [3.63, 3.8) is 0 Å². The Hall–Kier alpha value is -4.32. The van der Waals surface area contributed by atoms with Gasteiger partial charge in [-0.3, -0.25) is 9.17 Å². The summed E-state index contributed by atoms with van der Waals surface area (Å²) in [6.45, 7) is 9.28. The van der Waals surface area contributed by atoms with E-state index in [9.17, 15) is 13.2 Å². The molecule has 320 valence electrons. The Labute approximate surface area is 359 Å². The van der Waals surface area contributed by atoms with Gasteiger partial charge < -0.3 is 24.3 Å². The second-order valence-electron chi connectivity index (χ2n) is 17.8. The minimum Gasteiger partial charge on any atom is -0.493 e. The van der Waals surface area contributed by atoms with Gasteiger partial charge in [-0.1, -0.05) is 49.2 Å². The van der Waals surface area contributed by atoms with E-state index in [2.05, 4.69) is 36.3 Å². The van der Waals surface area contributed by atoms with E-state index in [-0.39, 0.29) is 47.2 Å². The average Bonchev–Trinajstić information content (AvgIpc) is 3.34. The summed E-state index contributed by atoms with van der Waals surface area (Å²) in [6.07, 6.45) is 8.90. The Bertz CT molecular complexity index is 2310. The van der Waals surface area contributed by atoms with Gasteiger partial charge in [0.25, 0.3) is 10.1 Å². The fourth-order valence-corrected chi connectivity index (χ4v) is 11.6. The number of anilines is 1. The van der Waals surface area contributed by atoms with E-state index in [0.717, 1.165) is 67.6 Å². The van der Waals surface area contributed by atoms with E-state index in [1.807, 2.05) is 43.5 Å². The zero-order valence-electron chi connectivity index (χ0n) is 35.3. The number of carbonyl (C=O) groups is 1. The van der Waals surface area contributed by atoms with Gasteiger partial charge in [-0.2, -0.15) is 8.42 Å². The van der Waals surface area contributed by atoms with Crippen molar-refractivity contribution in [2.45, 2.75) is 113 Å². The minimum absolute atomic E-state index is 0.119. The van der Waals surface area contributed by atoms with Gasteiger partial charge in [-0.25, -0.2) is 4.79 Å². The predicted molar refractivity (Wildman–Crippen MR) is 232 cm³/mol. The highest BCUT2D eigenvalue weighted by Crippen LogP contribution is 2.58. The maximum Gasteiger partial charge on any atom is 0.331 e. The molecule has 60 heavy (non-hydrogen) atoms. The molecule has 0 saturated heterocycles. The number of methoxy groups -OCH3 is 1. The molecular formula is C48H57ClN2O8S. The van der Waals surface area contributed by atoms with Crippen molar-refractivity contribution < 1.29 is 36.3 Å². The number of fused-ring (bicyclic) bond motifs is 4. The van der Waals surface area contributed by atoms with Crippen molar-refractivity contribution in [2.75, 3.05) is 32.2 Å². The summed E-state index contributed by atoms with van der Waals surface area (Å²) in [6, 6.07) is 20.4. The summed E-state index contributed by atoms with van der Waals surface area (Å²) in [7, 11) is -2.53. The number of benzene rings is 3. The molecule has 2 heterocycles. The second-order valence-corrected chi connectivity index (χ2v) is 19.8. The predicted octanol–water partition coefficient (Wildman–Crippen LogP) is 9.78. The highest BCUT2D eigenvalue weighted by Gasteiger charge is 2.55. The van der Waals surface area contributed by atoms with Gasteiger partial charge in [0.2, 0.25) is 0 Å². The Morgan fingerprint density at radius 2 is 1.73 bits per heavy atom. The van der Waals surface area contributed by atoms with Crippen LogP contribution in [-0.4, -0.2) is 57.9 Å². The van der Waals surface area contributed by atoms with Gasteiger partial charge in [0, 0.05) is 28.2 Å². The number of hydrogen-bond acceptors (Lipinski definition) is 10. The van der Waals surface area contributed by atoms with Crippen LogP contribution in [0.1, 0.15) is 99.6 Å². The summed E-state index contributed by atoms with van der Waals surface area (Å²) in [4.78, 5) is 18.5. The van der Waals surface area contributed by atoms with Crippen LogP contribution in [0.25, 0.3) is 0 Å². The molecule has 0 amide bonds. The van der Waals surface area contributed by atoms with Gasteiger partial charge in [0.1, 0.15) is 11.3 Å². The van der Waals surface area contributed by atoms with Crippen LogP contribution < -0.4 is 19.5 Å². The maximum atomic E-state index is 13.7. The van der Waals surface area contributed by atoms with Crippen molar-refractivity contribution in [1.29, 1.82) is 0 Å². The number of halogens is 1. The van der Waals surface area contributed by atoms with Gasteiger partial charge in [0.05, 0.1) is 43.8 Å². The van der Waals surface area contributed by atoms with Crippen LogP contribution in [0.3, 0.4) is 0 Å². The molecule has 1 N–H and O–H groups in total. The third-order valence-electron chi connectivity index (χ3n) is 13.7. The Balaban J connectivity index is 1.04. The number of ether oxygens (including phenoxy) is 4. The van der Waals surface area contributed by atoms with Gasteiger partial charge in [-0.15, -0.1) is 0 Å². The molecule has 1 saturated carbocycles. The van der Waals surface area contributed by atoms with Crippen LogP contribution >= 0.6 is 11.6 Å². The molecule has 2 unspecified atom stereocenters. The summed E-state index contributed by atoms with van der Waals surface area (Å²) in [5, 5.41) is 4.15. The number of hydrogen-bond donors (Lipinski definition) is 1. The number of nitrogens with one attached hydrogen (secondary N) is 1. The van der Waals surface area contributed by atoms with Crippen LogP contribution in [0.4, 0.5) is 5.69 Å². The van der Waals surface area contributed by atoms with Gasteiger partial charge in [0.15, 0.2) is 11.5 Å². The molecule has 3 aromatic carbocycles. The third kappa shape index (κ3) is 8.46. The molecule has 1 aromatic heterocycles. The first kappa shape index (κ1) is 42.4. The molecule has 5 atom stereocenters. The SMILES string of the molecule is COC(=O)C1(Nc2cccc(Cl)c2)CCC2(CC1)c1cc3c(cc1C[C@@H]2C[C@@H](C)COc1ccnc2c1[C@H](C)CCC2)OCC(C(C)OS(=O)(=O)c1ccc(C)cc1)CO3. The monoisotopic (exact) mass is 856 g/mol. The molecule has 10 nitrogen and oxygen atoms in total. The van der Waals surface area contributed by atoms with Crippen LogP contribution in [0, 0.1) is 24.7 Å². The van der Waals surface area contributed by atoms with E-state index in [1.165, 1.54) is 23.8 Å². The second kappa shape index (κ2) is 17.2. The Morgan fingerprint density at radius 3 is 2.45 bits per heavy atom.